The summed E-state index contributed by atoms with van der Waals surface area (Å²) in [4.78, 5) is 0. The van der Waals surface area contributed by atoms with Crippen LogP contribution in [-0.2, 0) is 0 Å². The highest BCUT2D eigenvalue weighted by Gasteiger charge is 1.89. The fourth-order valence-electron chi connectivity index (χ4n) is 2.38. The van der Waals surface area contributed by atoms with Gasteiger partial charge in [-0.2, -0.15) is 0 Å². The van der Waals surface area contributed by atoms with Gasteiger partial charge in [-0.25, -0.2) is 0 Å². The van der Waals surface area contributed by atoms with Crippen molar-refractivity contribution in [2.45, 2.75) is 57.8 Å². The third kappa shape index (κ3) is 22.7. The van der Waals surface area contributed by atoms with Crippen LogP contribution >= 0.6 is 45.2 Å². The Morgan fingerprint density at radius 3 is 1.20 bits per heavy atom. The Bertz CT molecular complexity index is 857. The van der Waals surface area contributed by atoms with Crippen LogP contribution in [0.15, 0.2) is 48.5 Å². The molecule has 2 aromatic carbocycles. The topological polar surface area (TPSA) is 60.7 Å². The molecular weight excluding hydrogens is 662 g/mol. The second kappa shape index (κ2) is 25.5. The summed E-state index contributed by atoms with van der Waals surface area (Å²) in [5, 5.41) is 25.5. The summed E-state index contributed by atoms with van der Waals surface area (Å²) < 4.78 is 2.59. The van der Waals surface area contributed by atoms with Crippen LogP contribution < -0.4 is 0 Å². The maximum Gasteiger partial charge on any atom is 0.0431 e. The SMILES string of the molecule is C#CCCCCO.Ic1ccc(I)cc1.OCCCCC#Cc1ccc(C#CCCCCO)cc1. The molecular formula is C30H36I2O3. The molecule has 0 saturated heterocycles. The number of terminal acetylenes is 1. The van der Waals surface area contributed by atoms with Crippen LogP contribution in [0.1, 0.15) is 68.9 Å². The van der Waals surface area contributed by atoms with Crippen LogP contribution in [0.4, 0.5) is 0 Å². The third-order valence-corrected chi connectivity index (χ3v) is 5.74. The lowest BCUT2D eigenvalue weighted by atomic mass is 10.1. The molecule has 0 spiro atoms. The molecule has 2 aromatic rings. The van der Waals surface area contributed by atoms with E-state index in [0.717, 1.165) is 68.9 Å². The molecule has 0 heterocycles. The summed E-state index contributed by atoms with van der Waals surface area (Å²) in [7, 11) is 0. The highest BCUT2D eigenvalue weighted by Crippen LogP contribution is 2.07. The molecule has 0 aliphatic carbocycles. The van der Waals surface area contributed by atoms with Gasteiger partial charge in [0.2, 0.25) is 0 Å². The highest BCUT2D eigenvalue weighted by molar-refractivity contribution is 14.1. The zero-order valence-corrected chi connectivity index (χ0v) is 24.6. The molecule has 0 aromatic heterocycles. The van der Waals surface area contributed by atoms with E-state index < -0.39 is 0 Å². The molecule has 35 heavy (non-hydrogen) atoms. The van der Waals surface area contributed by atoms with Gasteiger partial charge in [-0.15, -0.1) is 12.3 Å². The van der Waals surface area contributed by atoms with Crippen molar-refractivity contribution in [3.63, 3.8) is 0 Å². The Morgan fingerprint density at radius 1 is 0.543 bits per heavy atom. The standard InChI is InChI=1S/C18H22O2.C6H4I2.C6H10O/c19-15-7-3-1-5-9-17-11-13-18(14-12-17)10-6-2-4-8-16-20;7-5-1-2-6(8)4-3-5;1-2-3-4-5-6-7/h11-14,19-20H,1-4,7-8,15-16H2;1-4H;1,7H,3-6H2. The van der Waals surface area contributed by atoms with Gasteiger partial charge in [-0.3, -0.25) is 0 Å². The average molecular weight is 698 g/mol. The first-order valence-corrected chi connectivity index (χ1v) is 14.0. The summed E-state index contributed by atoms with van der Waals surface area (Å²) in [6.07, 6.45) is 12.7. The van der Waals surface area contributed by atoms with E-state index in [0.29, 0.717) is 0 Å². The Labute approximate surface area is 239 Å². The van der Waals surface area contributed by atoms with Crippen molar-refractivity contribution in [3.05, 3.63) is 66.8 Å². The lowest BCUT2D eigenvalue weighted by Crippen LogP contribution is -1.82. The maximum atomic E-state index is 8.66. The second-order valence-corrected chi connectivity index (χ2v) is 9.85. The third-order valence-electron chi connectivity index (χ3n) is 4.30. The van der Waals surface area contributed by atoms with Crippen LogP contribution in [0.5, 0.6) is 0 Å². The summed E-state index contributed by atoms with van der Waals surface area (Å²) in [6, 6.07) is 16.3. The Kier molecular flexibility index (Phi) is 24.4. The van der Waals surface area contributed by atoms with Gasteiger partial charge < -0.3 is 15.3 Å². The molecule has 0 atom stereocenters. The van der Waals surface area contributed by atoms with Crippen LogP contribution in [0.3, 0.4) is 0 Å². The highest BCUT2D eigenvalue weighted by atomic mass is 127. The lowest BCUT2D eigenvalue weighted by Gasteiger charge is -1.93. The number of aliphatic hydroxyl groups excluding tert-OH is 3. The van der Waals surface area contributed by atoms with Gasteiger partial charge in [0.25, 0.3) is 0 Å². The predicted molar refractivity (Wildman–Crippen MR) is 164 cm³/mol. The first-order valence-electron chi connectivity index (χ1n) is 11.8. The average Bonchev–Trinajstić information content (AvgIpc) is 2.87. The molecule has 0 unspecified atom stereocenters. The molecule has 0 radical (unpaired) electrons. The van der Waals surface area contributed by atoms with E-state index in [1.54, 1.807) is 0 Å². The number of hydrogen-bond acceptors (Lipinski definition) is 3. The van der Waals surface area contributed by atoms with Crippen molar-refractivity contribution in [3.8, 4) is 36.0 Å². The van der Waals surface area contributed by atoms with E-state index in [-0.39, 0.29) is 19.8 Å². The second-order valence-electron chi connectivity index (χ2n) is 7.36. The van der Waals surface area contributed by atoms with Crippen LogP contribution in [-0.4, -0.2) is 35.1 Å². The molecule has 0 amide bonds. The van der Waals surface area contributed by atoms with E-state index in [2.05, 4.69) is 99.0 Å². The number of hydrogen-bond donors (Lipinski definition) is 3. The maximum absolute atomic E-state index is 8.66. The van der Waals surface area contributed by atoms with Crippen molar-refractivity contribution >= 4 is 45.2 Å². The van der Waals surface area contributed by atoms with Crippen LogP contribution in [0.2, 0.25) is 0 Å². The Hall–Kier alpha value is -1.54. The fraction of sp³-hybridized carbons (Fsp3) is 0.400. The Morgan fingerprint density at radius 2 is 0.886 bits per heavy atom. The minimum Gasteiger partial charge on any atom is -0.396 e. The Balaban J connectivity index is 0.000000627. The molecule has 3 N–H and O–H groups in total. The molecule has 5 heteroatoms. The van der Waals surface area contributed by atoms with Crippen molar-refractivity contribution < 1.29 is 15.3 Å². The number of unbranched alkanes of at least 4 members (excludes halogenated alkanes) is 6. The summed E-state index contributed by atoms with van der Waals surface area (Å²) >= 11 is 4.59. The zero-order valence-electron chi connectivity index (χ0n) is 20.3. The summed E-state index contributed by atoms with van der Waals surface area (Å²) in [6.45, 7) is 0.752. The molecule has 0 bridgehead atoms. The fourth-order valence-corrected chi connectivity index (χ4v) is 3.10. The largest absolute Gasteiger partial charge is 0.396 e. The van der Waals surface area contributed by atoms with Gasteiger partial charge >= 0.3 is 0 Å². The van der Waals surface area contributed by atoms with Gasteiger partial charge in [0.1, 0.15) is 0 Å². The normalized spacial score (nSPS) is 9.03. The number of aliphatic hydroxyl groups is 3. The van der Waals surface area contributed by atoms with Gasteiger partial charge in [0, 0.05) is 57.4 Å². The van der Waals surface area contributed by atoms with Crippen LogP contribution in [0, 0.1) is 43.2 Å². The minimum absolute atomic E-state index is 0.243. The van der Waals surface area contributed by atoms with Crippen molar-refractivity contribution in [2.24, 2.45) is 0 Å². The molecule has 0 saturated carbocycles. The minimum atomic E-state index is 0.243. The quantitative estimate of drug-likeness (QED) is 0.162. The molecule has 0 aliphatic heterocycles. The number of rotatable bonds is 9. The van der Waals surface area contributed by atoms with E-state index >= 15 is 0 Å². The van der Waals surface area contributed by atoms with E-state index in [1.807, 2.05) is 24.3 Å². The van der Waals surface area contributed by atoms with Gasteiger partial charge in [0.15, 0.2) is 0 Å². The summed E-state index contributed by atoms with van der Waals surface area (Å²) in [5.41, 5.74) is 2.00. The van der Waals surface area contributed by atoms with Gasteiger partial charge in [-0.1, -0.05) is 23.7 Å². The molecule has 3 nitrogen and oxygen atoms in total. The van der Waals surface area contributed by atoms with E-state index in [1.165, 1.54) is 7.14 Å². The monoisotopic (exact) mass is 698 g/mol. The first kappa shape index (κ1) is 33.5. The number of benzene rings is 2. The molecule has 0 aliphatic rings. The zero-order chi connectivity index (χ0) is 26.0. The van der Waals surface area contributed by atoms with Crippen molar-refractivity contribution in [2.75, 3.05) is 19.8 Å². The number of halogens is 2. The van der Waals surface area contributed by atoms with E-state index in [4.69, 9.17) is 21.7 Å². The van der Waals surface area contributed by atoms with Crippen molar-refractivity contribution in [1.82, 2.24) is 0 Å². The van der Waals surface area contributed by atoms with Crippen molar-refractivity contribution in [1.29, 1.82) is 0 Å². The van der Waals surface area contributed by atoms with E-state index in [9.17, 15) is 0 Å². The predicted octanol–water partition coefficient (Wildman–Crippen LogP) is 6.39. The molecule has 2 rings (SSSR count). The van der Waals surface area contributed by atoms with Gasteiger partial charge in [0.05, 0.1) is 0 Å². The lowest BCUT2D eigenvalue weighted by molar-refractivity contribution is 0.285. The van der Waals surface area contributed by atoms with Gasteiger partial charge in [-0.05, 0) is 132 Å². The smallest absolute Gasteiger partial charge is 0.0431 e. The first-order chi connectivity index (χ1) is 17.1. The summed E-state index contributed by atoms with van der Waals surface area (Å²) in [5.74, 6) is 14.9. The molecule has 0 fully saturated rings. The molecule has 188 valence electrons. The van der Waals surface area contributed by atoms with Crippen LogP contribution in [0.25, 0.3) is 0 Å².